The summed E-state index contributed by atoms with van der Waals surface area (Å²) in [5.41, 5.74) is 1.98. The Morgan fingerprint density at radius 2 is 1.12 bits per heavy atom. The van der Waals surface area contributed by atoms with Crippen molar-refractivity contribution in [3.8, 4) is 11.1 Å². The van der Waals surface area contributed by atoms with E-state index in [1.807, 2.05) is 12.1 Å². The van der Waals surface area contributed by atoms with Crippen LogP contribution < -0.4 is 3.58 Å². The van der Waals surface area contributed by atoms with Crippen LogP contribution in [0.25, 0.3) is 11.1 Å². The Hall–Kier alpha value is -0.831. The number of unbranched alkanes of at least 4 members (excludes halogenated alkanes) is 3. The van der Waals surface area contributed by atoms with Crippen LogP contribution in [-0.4, -0.2) is 18.4 Å². The number of benzene rings is 2. The molecule has 2 aromatic rings. The summed E-state index contributed by atoms with van der Waals surface area (Å²) in [4.78, 5) is 0. The fraction of sp³-hybridized carbons (Fsp3) is 0.500. The van der Waals surface area contributed by atoms with Crippen molar-refractivity contribution >= 4 is 22.0 Å². The first-order chi connectivity index (χ1) is 12.7. The number of hydrogen-bond donors (Lipinski definition) is 0. The van der Waals surface area contributed by atoms with Crippen molar-refractivity contribution in [2.45, 2.75) is 72.6 Å². The third kappa shape index (κ3) is 5.34. The van der Waals surface area contributed by atoms with Gasteiger partial charge in [0.1, 0.15) is 0 Å². The molecule has 2 rings (SSSR count). The first-order valence-electron chi connectivity index (χ1n) is 10.5. The molecule has 0 saturated carbocycles. The van der Waals surface area contributed by atoms with Crippen molar-refractivity contribution in [2.24, 2.45) is 0 Å². The van der Waals surface area contributed by atoms with Gasteiger partial charge in [0, 0.05) is 0 Å². The summed E-state index contributed by atoms with van der Waals surface area (Å²) >= 11 is -2.58. The van der Waals surface area contributed by atoms with E-state index in [0.29, 0.717) is 0 Å². The SMILES string of the molecule is CCC[CH2][Sn]([CH2]CCC)([CH2]CCC)[c]1ccccc1-c1ccccc1F. The molecule has 0 saturated heterocycles. The van der Waals surface area contributed by atoms with Gasteiger partial charge in [-0.2, -0.15) is 0 Å². The molecule has 0 spiro atoms. The van der Waals surface area contributed by atoms with Crippen LogP contribution in [0, 0.1) is 5.82 Å². The van der Waals surface area contributed by atoms with E-state index < -0.39 is 18.4 Å². The Morgan fingerprint density at radius 3 is 1.62 bits per heavy atom. The normalized spacial score (nSPS) is 11.7. The van der Waals surface area contributed by atoms with E-state index in [9.17, 15) is 4.39 Å². The van der Waals surface area contributed by atoms with Crippen molar-refractivity contribution in [1.29, 1.82) is 0 Å². The zero-order valence-electron chi connectivity index (χ0n) is 16.9. The van der Waals surface area contributed by atoms with Crippen molar-refractivity contribution in [1.82, 2.24) is 0 Å². The summed E-state index contributed by atoms with van der Waals surface area (Å²) in [6.45, 7) is 6.91. The molecule has 0 bridgehead atoms. The van der Waals surface area contributed by atoms with Crippen LogP contribution in [0.2, 0.25) is 13.3 Å². The zero-order valence-corrected chi connectivity index (χ0v) is 19.7. The van der Waals surface area contributed by atoms with Crippen LogP contribution in [-0.2, 0) is 0 Å². The summed E-state index contributed by atoms with van der Waals surface area (Å²) < 4.78 is 20.4. The van der Waals surface area contributed by atoms with Crippen LogP contribution in [0.15, 0.2) is 48.5 Å². The van der Waals surface area contributed by atoms with Crippen molar-refractivity contribution in [3.63, 3.8) is 0 Å². The third-order valence-corrected chi connectivity index (χ3v) is 21.4. The molecule has 0 fully saturated rings. The van der Waals surface area contributed by atoms with E-state index in [1.54, 1.807) is 15.7 Å². The predicted octanol–water partition coefficient (Wildman–Crippen LogP) is 7.55. The monoisotopic (exact) mass is 462 g/mol. The van der Waals surface area contributed by atoms with Gasteiger partial charge >= 0.3 is 164 Å². The maximum absolute atomic E-state index is 14.6. The quantitative estimate of drug-likeness (QED) is 0.303. The van der Waals surface area contributed by atoms with Crippen LogP contribution in [0.3, 0.4) is 0 Å². The van der Waals surface area contributed by atoms with Gasteiger partial charge in [-0.1, -0.05) is 0 Å². The molecular formula is C24H35FSn. The summed E-state index contributed by atoms with van der Waals surface area (Å²) in [5.74, 6) is -0.0818. The number of halogens is 1. The maximum atomic E-state index is 14.6. The Kier molecular flexibility index (Phi) is 9.18. The molecule has 0 atom stereocenters. The van der Waals surface area contributed by atoms with Crippen LogP contribution >= 0.6 is 0 Å². The molecule has 0 amide bonds. The molecular weight excluding hydrogens is 426 g/mol. The van der Waals surface area contributed by atoms with Crippen LogP contribution in [0.5, 0.6) is 0 Å². The van der Waals surface area contributed by atoms with Crippen LogP contribution in [0.4, 0.5) is 4.39 Å². The second kappa shape index (κ2) is 11.1. The average Bonchev–Trinajstić information content (AvgIpc) is 2.68. The van der Waals surface area contributed by atoms with Gasteiger partial charge in [-0.3, -0.25) is 0 Å². The fourth-order valence-corrected chi connectivity index (χ4v) is 21.0. The summed E-state index contributed by atoms with van der Waals surface area (Å²) in [6, 6.07) is 16.1. The molecule has 26 heavy (non-hydrogen) atoms. The van der Waals surface area contributed by atoms with Gasteiger partial charge in [-0.15, -0.1) is 0 Å². The molecule has 0 aliphatic heterocycles. The Balaban J connectivity index is 2.57. The molecule has 2 aromatic carbocycles. The molecule has 142 valence electrons. The van der Waals surface area contributed by atoms with E-state index in [2.05, 4.69) is 45.0 Å². The van der Waals surface area contributed by atoms with Crippen molar-refractivity contribution < 1.29 is 4.39 Å². The summed E-state index contributed by atoms with van der Waals surface area (Å²) in [7, 11) is 0. The fourth-order valence-electron chi connectivity index (χ4n) is 4.18. The van der Waals surface area contributed by atoms with E-state index in [4.69, 9.17) is 0 Å². The molecule has 0 aromatic heterocycles. The minimum atomic E-state index is -2.58. The summed E-state index contributed by atoms with van der Waals surface area (Å²) in [5, 5.41) is 0. The Labute approximate surface area is 164 Å². The van der Waals surface area contributed by atoms with Gasteiger partial charge in [0.2, 0.25) is 0 Å². The molecule has 0 unspecified atom stereocenters. The van der Waals surface area contributed by atoms with E-state index in [-0.39, 0.29) is 5.82 Å². The first kappa shape index (κ1) is 21.5. The third-order valence-electron chi connectivity index (χ3n) is 5.69. The van der Waals surface area contributed by atoms with Crippen LogP contribution in [0.1, 0.15) is 59.3 Å². The molecule has 2 heteroatoms. The standard InChI is InChI=1S/C12H8F.3C4H9.Sn/c13-12-9-5-4-8-11(12)10-6-2-1-3-7-10;3*1-3-4-2;/h1-6,8-9H;3*1,3-4H2,2H3;. The second-order valence-electron chi connectivity index (χ2n) is 7.62. The van der Waals surface area contributed by atoms with Gasteiger partial charge in [-0.25, -0.2) is 0 Å². The van der Waals surface area contributed by atoms with Gasteiger partial charge in [-0.05, 0) is 0 Å². The summed E-state index contributed by atoms with van der Waals surface area (Å²) in [6.07, 6.45) is 7.77. The van der Waals surface area contributed by atoms with Crippen molar-refractivity contribution in [3.05, 3.63) is 54.3 Å². The minimum absolute atomic E-state index is 0.0818. The van der Waals surface area contributed by atoms with Gasteiger partial charge in [0.05, 0.1) is 0 Å². The van der Waals surface area contributed by atoms with E-state index in [1.165, 1.54) is 57.4 Å². The van der Waals surface area contributed by atoms with Gasteiger partial charge in [0.25, 0.3) is 0 Å². The topological polar surface area (TPSA) is 0 Å². The molecule has 0 N–H and O–H groups in total. The number of hydrogen-bond acceptors (Lipinski definition) is 0. The Bertz CT molecular complexity index is 643. The molecule has 0 aliphatic carbocycles. The zero-order chi connectivity index (χ0) is 18.8. The van der Waals surface area contributed by atoms with E-state index >= 15 is 0 Å². The molecule has 0 radical (unpaired) electrons. The molecule has 0 heterocycles. The average molecular weight is 461 g/mol. The van der Waals surface area contributed by atoms with Gasteiger partial charge in [0.15, 0.2) is 0 Å². The van der Waals surface area contributed by atoms with Gasteiger partial charge < -0.3 is 0 Å². The first-order valence-corrected chi connectivity index (χ1v) is 18.0. The second-order valence-corrected chi connectivity index (χ2v) is 20.7. The molecule has 0 nitrogen and oxygen atoms in total. The van der Waals surface area contributed by atoms with E-state index in [0.717, 1.165) is 5.56 Å². The predicted molar refractivity (Wildman–Crippen MR) is 116 cm³/mol. The van der Waals surface area contributed by atoms with Crippen molar-refractivity contribution in [2.75, 3.05) is 0 Å². The Morgan fingerprint density at radius 1 is 0.654 bits per heavy atom. The number of rotatable bonds is 11. The molecule has 0 aliphatic rings.